The first-order valence-corrected chi connectivity index (χ1v) is 8.93. The van der Waals surface area contributed by atoms with Crippen molar-refractivity contribution in [3.8, 4) is 0 Å². The smallest absolute Gasteiger partial charge is 0.223 e. The Hall–Kier alpha value is -2.04. The van der Waals surface area contributed by atoms with Gasteiger partial charge in [0.15, 0.2) is 0 Å². The number of carbonyl (C=O) groups is 1. The fourth-order valence-electron chi connectivity index (χ4n) is 3.74. The van der Waals surface area contributed by atoms with Gasteiger partial charge < -0.3 is 13.8 Å². The molecule has 1 saturated heterocycles. The van der Waals surface area contributed by atoms with Crippen LogP contribution in [0.25, 0.3) is 0 Å². The van der Waals surface area contributed by atoms with Gasteiger partial charge in [0, 0.05) is 31.4 Å². The molecule has 0 aromatic carbocycles. The Morgan fingerprint density at radius 2 is 2.25 bits per heavy atom. The van der Waals surface area contributed by atoms with E-state index in [0.717, 1.165) is 48.3 Å². The lowest BCUT2D eigenvalue weighted by Crippen LogP contribution is -2.30. The average Bonchev–Trinajstić information content (AvgIpc) is 3.03. The largest absolute Gasteiger partial charge is 0.466 e. The molecule has 3 heterocycles. The van der Waals surface area contributed by atoms with Crippen LogP contribution in [0.1, 0.15) is 67.5 Å². The number of furan rings is 1. The van der Waals surface area contributed by atoms with E-state index >= 15 is 0 Å². The molecule has 0 radical (unpaired) electrons. The van der Waals surface area contributed by atoms with Crippen molar-refractivity contribution in [2.45, 2.75) is 57.9 Å². The number of nitrogens with zero attached hydrogens (tertiary/aromatic N) is 2. The SMILES string of the molecule is Cc1cc([C@@H]2CCCN2C(=O)CCc2ccc([C@H]3C[C@H]3C)o2)no1. The second-order valence-corrected chi connectivity index (χ2v) is 7.23. The zero-order valence-electron chi connectivity index (χ0n) is 14.3. The maximum atomic E-state index is 12.6. The standard InChI is InChI=1S/C19H24N2O3/c1-12-10-15(12)18-7-5-14(23-18)6-8-19(22)21-9-3-4-17(21)16-11-13(2)24-20-16/h5,7,11-12,15,17H,3-4,6,8-10H2,1-2H3/t12-,15+,17+/m1/s1. The first-order chi connectivity index (χ1) is 11.6. The molecular weight excluding hydrogens is 304 g/mol. The summed E-state index contributed by atoms with van der Waals surface area (Å²) in [5.41, 5.74) is 0.876. The normalized spacial score (nSPS) is 26.1. The average molecular weight is 328 g/mol. The second kappa shape index (κ2) is 6.11. The lowest BCUT2D eigenvalue weighted by Gasteiger charge is -2.22. The highest BCUT2D eigenvalue weighted by molar-refractivity contribution is 5.77. The summed E-state index contributed by atoms with van der Waals surface area (Å²) in [6.45, 7) is 4.93. The van der Waals surface area contributed by atoms with Gasteiger partial charge in [-0.1, -0.05) is 12.1 Å². The number of likely N-dealkylation sites (tertiary alicyclic amines) is 1. The van der Waals surface area contributed by atoms with Crippen molar-refractivity contribution in [3.05, 3.63) is 41.2 Å². The van der Waals surface area contributed by atoms with Gasteiger partial charge in [0.05, 0.1) is 6.04 Å². The molecule has 5 nitrogen and oxygen atoms in total. The number of aromatic nitrogens is 1. The van der Waals surface area contributed by atoms with Gasteiger partial charge in [-0.25, -0.2) is 0 Å². The lowest BCUT2D eigenvalue weighted by molar-refractivity contribution is -0.132. The van der Waals surface area contributed by atoms with Crippen LogP contribution in [0.5, 0.6) is 0 Å². The van der Waals surface area contributed by atoms with Crippen LogP contribution in [0.15, 0.2) is 27.1 Å². The predicted octanol–water partition coefficient (Wildman–Crippen LogP) is 4.00. The van der Waals surface area contributed by atoms with E-state index in [0.29, 0.717) is 18.8 Å². The lowest BCUT2D eigenvalue weighted by atomic mass is 10.1. The van der Waals surface area contributed by atoms with Crippen molar-refractivity contribution in [2.24, 2.45) is 5.92 Å². The second-order valence-electron chi connectivity index (χ2n) is 7.23. The van der Waals surface area contributed by atoms with Crippen molar-refractivity contribution in [1.29, 1.82) is 0 Å². The molecule has 2 aromatic heterocycles. The quantitative estimate of drug-likeness (QED) is 0.832. The highest BCUT2D eigenvalue weighted by Crippen LogP contribution is 2.47. The molecule has 2 aromatic rings. The summed E-state index contributed by atoms with van der Waals surface area (Å²) in [6.07, 6.45) is 4.36. The molecule has 128 valence electrons. The Balaban J connectivity index is 1.36. The summed E-state index contributed by atoms with van der Waals surface area (Å²) in [6, 6.07) is 6.10. The molecule has 24 heavy (non-hydrogen) atoms. The molecule has 0 bridgehead atoms. The highest BCUT2D eigenvalue weighted by Gasteiger charge is 2.36. The Morgan fingerprint density at radius 1 is 1.42 bits per heavy atom. The van der Waals surface area contributed by atoms with E-state index in [1.807, 2.05) is 24.0 Å². The summed E-state index contributed by atoms with van der Waals surface area (Å²) in [5, 5.41) is 4.10. The molecular formula is C19H24N2O3. The van der Waals surface area contributed by atoms with Gasteiger partial charge in [-0.3, -0.25) is 4.79 Å². The fraction of sp³-hybridized carbons (Fsp3) is 0.579. The molecule has 0 N–H and O–H groups in total. The van der Waals surface area contributed by atoms with E-state index in [9.17, 15) is 4.79 Å². The Bertz CT molecular complexity index is 733. The number of hydrogen-bond donors (Lipinski definition) is 0. The summed E-state index contributed by atoms with van der Waals surface area (Å²) >= 11 is 0. The van der Waals surface area contributed by atoms with Crippen LogP contribution in [0.4, 0.5) is 0 Å². The third-order valence-electron chi connectivity index (χ3n) is 5.30. The zero-order chi connectivity index (χ0) is 16.7. The predicted molar refractivity (Wildman–Crippen MR) is 88.5 cm³/mol. The summed E-state index contributed by atoms with van der Waals surface area (Å²) < 4.78 is 11.1. The Labute approximate surface area is 142 Å². The van der Waals surface area contributed by atoms with Crippen LogP contribution >= 0.6 is 0 Å². The minimum Gasteiger partial charge on any atom is -0.466 e. The van der Waals surface area contributed by atoms with Gasteiger partial charge in [0.25, 0.3) is 0 Å². The van der Waals surface area contributed by atoms with E-state index in [1.165, 1.54) is 6.42 Å². The van der Waals surface area contributed by atoms with E-state index in [2.05, 4.69) is 18.1 Å². The fourth-order valence-corrected chi connectivity index (χ4v) is 3.74. The van der Waals surface area contributed by atoms with Gasteiger partial charge >= 0.3 is 0 Å². The maximum absolute atomic E-state index is 12.6. The van der Waals surface area contributed by atoms with Gasteiger partial charge in [0.1, 0.15) is 23.0 Å². The first kappa shape index (κ1) is 15.5. The summed E-state index contributed by atoms with van der Waals surface area (Å²) in [7, 11) is 0. The number of hydrogen-bond acceptors (Lipinski definition) is 4. The maximum Gasteiger partial charge on any atom is 0.223 e. The Morgan fingerprint density at radius 3 is 2.96 bits per heavy atom. The van der Waals surface area contributed by atoms with E-state index < -0.39 is 0 Å². The molecule has 2 fully saturated rings. The summed E-state index contributed by atoms with van der Waals surface area (Å²) in [4.78, 5) is 14.6. The summed E-state index contributed by atoms with van der Waals surface area (Å²) in [5.74, 6) is 4.31. The third kappa shape index (κ3) is 2.99. The van der Waals surface area contributed by atoms with Crippen LogP contribution in [0.3, 0.4) is 0 Å². The first-order valence-electron chi connectivity index (χ1n) is 8.93. The number of aryl methyl sites for hydroxylation is 2. The molecule has 3 atom stereocenters. The van der Waals surface area contributed by atoms with Gasteiger partial charge in [-0.15, -0.1) is 0 Å². The molecule has 1 saturated carbocycles. The molecule has 0 spiro atoms. The van der Waals surface area contributed by atoms with E-state index in [4.69, 9.17) is 8.94 Å². The molecule has 2 aliphatic rings. The van der Waals surface area contributed by atoms with Crippen molar-refractivity contribution in [1.82, 2.24) is 10.1 Å². The van der Waals surface area contributed by atoms with Crippen molar-refractivity contribution in [2.75, 3.05) is 6.54 Å². The van der Waals surface area contributed by atoms with Crippen LogP contribution in [0.2, 0.25) is 0 Å². The zero-order valence-corrected chi connectivity index (χ0v) is 14.3. The topological polar surface area (TPSA) is 59.5 Å². The van der Waals surface area contributed by atoms with Crippen molar-refractivity contribution >= 4 is 5.91 Å². The van der Waals surface area contributed by atoms with Gasteiger partial charge in [0.2, 0.25) is 5.91 Å². The minimum atomic E-state index is 0.0643. The van der Waals surface area contributed by atoms with Gasteiger partial charge in [-0.2, -0.15) is 0 Å². The monoisotopic (exact) mass is 328 g/mol. The van der Waals surface area contributed by atoms with Crippen molar-refractivity contribution in [3.63, 3.8) is 0 Å². The Kier molecular flexibility index (Phi) is 3.94. The number of carbonyl (C=O) groups excluding carboxylic acids is 1. The van der Waals surface area contributed by atoms with Crippen molar-refractivity contribution < 1.29 is 13.7 Å². The van der Waals surface area contributed by atoms with E-state index in [1.54, 1.807) is 0 Å². The van der Waals surface area contributed by atoms with Crippen LogP contribution < -0.4 is 0 Å². The van der Waals surface area contributed by atoms with Crippen LogP contribution in [-0.2, 0) is 11.2 Å². The number of amides is 1. The molecule has 1 aliphatic carbocycles. The van der Waals surface area contributed by atoms with Crippen LogP contribution in [-0.4, -0.2) is 22.5 Å². The molecule has 4 rings (SSSR count). The van der Waals surface area contributed by atoms with Gasteiger partial charge in [-0.05, 0) is 44.2 Å². The number of rotatable bonds is 5. The highest BCUT2D eigenvalue weighted by atomic mass is 16.5. The van der Waals surface area contributed by atoms with E-state index in [-0.39, 0.29) is 11.9 Å². The molecule has 5 heteroatoms. The molecule has 0 unspecified atom stereocenters. The molecule has 1 aliphatic heterocycles. The van der Waals surface area contributed by atoms with Crippen LogP contribution in [0, 0.1) is 12.8 Å². The molecule has 1 amide bonds. The minimum absolute atomic E-state index is 0.0643. The third-order valence-corrected chi connectivity index (χ3v) is 5.30.